The number of aromatic nitrogens is 7. The van der Waals surface area contributed by atoms with Gasteiger partial charge in [-0.25, -0.2) is 18.4 Å². The van der Waals surface area contributed by atoms with Crippen LogP contribution < -0.4 is 20.1 Å². The number of nitrogens with one attached hydrogen (secondary N) is 2. The molecule has 8 aromatic rings. The van der Waals surface area contributed by atoms with Crippen LogP contribution in [0.4, 0.5) is 32.1 Å². The maximum absolute atomic E-state index is 13.6. The van der Waals surface area contributed by atoms with Crippen molar-refractivity contribution in [2.24, 2.45) is 0 Å². The summed E-state index contributed by atoms with van der Waals surface area (Å²) in [5, 5.41) is 15.0. The van der Waals surface area contributed by atoms with Crippen LogP contribution in [0.3, 0.4) is 0 Å². The minimum Gasteiger partial charge on any atom is -0.497 e. The molecule has 0 radical (unpaired) electrons. The van der Waals surface area contributed by atoms with Gasteiger partial charge in [-0.05, 0) is 109 Å². The molecule has 266 valence electrons. The number of para-hydroxylation sites is 1. The van der Waals surface area contributed by atoms with Crippen LogP contribution in [-0.2, 0) is 0 Å². The van der Waals surface area contributed by atoms with E-state index in [4.69, 9.17) is 18.9 Å². The lowest BCUT2D eigenvalue weighted by Gasteiger charge is -2.10. The number of methoxy groups -OCH3 is 2. The van der Waals surface area contributed by atoms with E-state index in [0.717, 1.165) is 16.9 Å². The Morgan fingerprint density at radius 1 is 0.611 bits per heavy atom. The van der Waals surface area contributed by atoms with E-state index in [0.29, 0.717) is 51.4 Å². The first-order valence-electron chi connectivity index (χ1n) is 16.6. The van der Waals surface area contributed by atoms with Crippen molar-refractivity contribution in [2.75, 3.05) is 24.9 Å². The third-order valence-corrected chi connectivity index (χ3v) is 8.28. The van der Waals surface area contributed by atoms with Crippen molar-refractivity contribution in [3.05, 3.63) is 139 Å². The van der Waals surface area contributed by atoms with Crippen molar-refractivity contribution < 1.29 is 22.7 Å². The Kier molecular flexibility index (Phi) is 9.12. The van der Waals surface area contributed by atoms with Gasteiger partial charge < -0.3 is 24.5 Å². The van der Waals surface area contributed by atoms with Gasteiger partial charge in [0.25, 0.3) is 0 Å². The van der Waals surface area contributed by atoms with E-state index in [1.54, 1.807) is 49.4 Å². The van der Waals surface area contributed by atoms with E-state index in [1.165, 1.54) is 24.3 Å². The topological polar surface area (TPSA) is 138 Å². The molecule has 54 heavy (non-hydrogen) atoms. The number of hydrogen-bond donors (Lipinski definition) is 2. The molecule has 0 aliphatic heterocycles. The minimum atomic E-state index is -0.383. The summed E-state index contributed by atoms with van der Waals surface area (Å²) in [7, 11) is 3.23. The predicted octanol–water partition coefficient (Wildman–Crippen LogP) is 8.89. The molecule has 0 saturated heterocycles. The monoisotopic (exact) mass is 721 g/mol. The van der Waals surface area contributed by atoms with Crippen LogP contribution in [0.25, 0.3) is 51.2 Å². The second kappa shape index (κ2) is 14.6. The highest BCUT2D eigenvalue weighted by Gasteiger charge is 2.22. The fourth-order valence-corrected chi connectivity index (χ4v) is 5.58. The van der Waals surface area contributed by atoms with Gasteiger partial charge >= 0.3 is 0 Å². The normalized spacial score (nSPS) is 11.0. The van der Waals surface area contributed by atoms with Crippen molar-refractivity contribution in [2.45, 2.75) is 0 Å². The first-order valence-corrected chi connectivity index (χ1v) is 16.6. The molecule has 0 amide bonds. The molecule has 12 nitrogen and oxygen atoms in total. The van der Waals surface area contributed by atoms with Crippen molar-refractivity contribution >= 4 is 23.3 Å². The Morgan fingerprint density at radius 2 is 1.17 bits per heavy atom. The highest BCUT2D eigenvalue weighted by atomic mass is 19.1. The standard InChI is InChI=1S/C40H29F2N9O3/c1-52-30-19-7-24(8-20-30)35-36(25-9-21-31(53-2)22-10-25)54-38(45-35)32-5-3-4-6-34(32)51-23-33(49-50-51)37-46-39(43-28-15-11-26(41)12-16-28)48-40(47-37)44-29-17-13-27(42)14-18-29/h3-23H,1-2H3,(H2,43,44,46,47,48). The van der Waals surface area contributed by atoms with E-state index in [9.17, 15) is 8.78 Å². The zero-order chi connectivity index (χ0) is 37.0. The number of halogens is 2. The number of hydrogen-bond acceptors (Lipinski definition) is 11. The fourth-order valence-electron chi connectivity index (χ4n) is 5.58. The average Bonchev–Trinajstić information content (AvgIpc) is 3.89. The molecule has 8 rings (SSSR count). The molecule has 0 spiro atoms. The minimum absolute atomic E-state index is 0.156. The van der Waals surface area contributed by atoms with Crippen LogP contribution in [0.15, 0.2) is 132 Å². The quantitative estimate of drug-likeness (QED) is 0.132. The molecule has 0 atom stereocenters. The summed E-state index contributed by atoms with van der Waals surface area (Å²) in [5.41, 5.74) is 4.98. The predicted molar refractivity (Wildman–Crippen MR) is 199 cm³/mol. The van der Waals surface area contributed by atoms with Gasteiger partial charge in [-0.15, -0.1) is 5.10 Å². The zero-order valence-corrected chi connectivity index (χ0v) is 28.7. The molecule has 0 aliphatic rings. The van der Waals surface area contributed by atoms with E-state index in [1.807, 2.05) is 72.8 Å². The van der Waals surface area contributed by atoms with Gasteiger partial charge in [-0.2, -0.15) is 15.0 Å². The lowest BCUT2D eigenvalue weighted by molar-refractivity contribution is 0.414. The van der Waals surface area contributed by atoms with E-state index in [-0.39, 0.29) is 29.4 Å². The van der Waals surface area contributed by atoms with Gasteiger partial charge in [0.1, 0.15) is 28.8 Å². The van der Waals surface area contributed by atoms with Gasteiger partial charge in [-0.1, -0.05) is 17.3 Å². The average molecular weight is 722 g/mol. The molecule has 3 heterocycles. The number of oxazole rings is 1. The van der Waals surface area contributed by atoms with Crippen LogP contribution in [-0.4, -0.2) is 49.1 Å². The second-order valence-electron chi connectivity index (χ2n) is 11.8. The van der Waals surface area contributed by atoms with Crippen LogP contribution >= 0.6 is 0 Å². The molecule has 0 fully saturated rings. The Hall–Kier alpha value is -7.48. The van der Waals surface area contributed by atoms with Gasteiger partial charge in [0.15, 0.2) is 17.3 Å². The van der Waals surface area contributed by atoms with Crippen molar-refractivity contribution in [1.82, 2.24) is 34.9 Å². The van der Waals surface area contributed by atoms with Crippen LogP contribution in [0.5, 0.6) is 11.5 Å². The summed E-state index contributed by atoms with van der Waals surface area (Å²) in [6.07, 6.45) is 1.68. The molecule has 0 bridgehead atoms. The molecule has 3 aromatic heterocycles. The number of benzene rings is 5. The van der Waals surface area contributed by atoms with Crippen LogP contribution in [0.2, 0.25) is 0 Å². The van der Waals surface area contributed by atoms with Crippen molar-refractivity contribution in [3.8, 4) is 62.7 Å². The number of nitrogens with zero attached hydrogens (tertiary/aromatic N) is 7. The number of ether oxygens (including phenoxy) is 2. The van der Waals surface area contributed by atoms with E-state index in [2.05, 4.69) is 35.9 Å². The third-order valence-electron chi connectivity index (χ3n) is 8.28. The number of rotatable bonds is 11. The molecule has 0 unspecified atom stereocenters. The highest BCUT2D eigenvalue weighted by molar-refractivity contribution is 5.81. The molecule has 14 heteroatoms. The second-order valence-corrected chi connectivity index (χ2v) is 11.8. The Bertz CT molecular complexity index is 2410. The first kappa shape index (κ1) is 33.7. The Balaban J connectivity index is 1.17. The van der Waals surface area contributed by atoms with E-state index >= 15 is 0 Å². The van der Waals surface area contributed by atoms with Gasteiger partial charge in [0, 0.05) is 22.5 Å². The summed E-state index contributed by atoms with van der Waals surface area (Å²) >= 11 is 0. The maximum Gasteiger partial charge on any atom is 0.232 e. The fraction of sp³-hybridized carbons (Fsp3) is 0.0500. The lowest BCUT2D eigenvalue weighted by atomic mass is 10.1. The lowest BCUT2D eigenvalue weighted by Crippen LogP contribution is -2.05. The van der Waals surface area contributed by atoms with E-state index < -0.39 is 0 Å². The zero-order valence-electron chi connectivity index (χ0n) is 28.7. The van der Waals surface area contributed by atoms with Gasteiger partial charge in [0.2, 0.25) is 17.8 Å². The Morgan fingerprint density at radius 3 is 1.74 bits per heavy atom. The molecular weight excluding hydrogens is 692 g/mol. The maximum atomic E-state index is 13.6. The smallest absolute Gasteiger partial charge is 0.232 e. The van der Waals surface area contributed by atoms with Crippen molar-refractivity contribution in [1.29, 1.82) is 0 Å². The SMILES string of the molecule is COc1ccc(-c2nc(-c3ccccc3-n3cc(-c4nc(Nc5ccc(F)cc5)nc(Nc5ccc(F)cc5)n4)nn3)oc2-c2ccc(OC)cc2)cc1. The highest BCUT2D eigenvalue weighted by Crippen LogP contribution is 2.38. The van der Waals surface area contributed by atoms with Crippen LogP contribution in [0, 0.1) is 11.6 Å². The summed E-state index contributed by atoms with van der Waals surface area (Å²) < 4.78 is 46.1. The first-order chi connectivity index (χ1) is 26.4. The largest absolute Gasteiger partial charge is 0.497 e. The molecule has 5 aromatic carbocycles. The summed E-state index contributed by atoms with van der Waals surface area (Å²) in [5.74, 6) is 2.09. The summed E-state index contributed by atoms with van der Waals surface area (Å²) in [6, 6.07) is 34.2. The Labute approximate surface area is 307 Å². The molecule has 2 N–H and O–H groups in total. The van der Waals surface area contributed by atoms with Gasteiger partial charge in [-0.3, -0.25) is 0 Å². The summed E-state index contributed by atoms with van der Waals surface area (Å²) in [6.45, 7) is 0. The molecule has 0 aliphatic carbocycles. The van der Waals surface area contributed by atoms with Crippen LogP contribution in [0.1, 0.15) is 0 Å². The number of anilines is 4. The summed E-state index contributed by atoms with van der Waals surface area (Å²) in [4.78, 5) is 18.6. The third kappa shape index (κ3) is 7.16. The van der Waals surface area contributed by atoms with Crippen molar-refractivity contribution in [3.63, 3.8) is 0 Å². The molecule has 0 saturated carbocycles. The van der Waals surface area contributed by atoms with Gasteiger partial charge in [0.05, 0.1) is 31.7 Å². The molecular formula is C40H29F2N9O3.